The molecule has 7 nitrogen and oxygen atoms in total. The summed E-state index contributed by atoms with van der Waals surface area (Å²) in [5.74, 6) is 1.19. The molecule has 29 heavy (non-hydrogen) atoms. The first-order valence-electron chi connectivity index (χ1n) is 9.53. The largest absolute Gasteiger partial charge is 0.467 e. The quantitative estimate of drug-likeness (QED) is 0.485. The van der Waals surface area contributed by atoms with Crippen molar-refractivity contribution < 1.29 is 18.1 Å². The van der Waals surface area contributed by atoms with Gasteiger partial charge in [-0.25, -0.2) is 9.37 Å². The molecular weight excluding hydrogens is 375 g/mol. The smallest absolute Gasteiger partial charge is 0.263 e. The van der Waals surface area contributed by atoms with Crippen LogP contribution >= 0.6 is 0 Å². The number of rotatable bonds is 6. The molecule has 0 spiro atoms. The fourth-order valence-corrected chi connectivity index (χ4v) is 3.67. The Kier molecular flexibility index (Phi) is 4.69. The molecule has 5 rings (SSSR count). The standard InChI is InChI=1S/C21H19FN4O3/c22-15-7-5-14(6-8-15)19-18-20(23-13-24-21(18)29-25-19)26(11-16-3-1-9-27-16)12-17-4-2-10-28-17/h1,3,5-9,13,17H,2,4,10-12H2. The van der Waals surface area contributed by atoms with Gasteiger partial charge in [-0.3, -0.25) is 0 Å². The van der Waals surface area contributed by atoms with Gasteiger partial charge < -0.3 is 18.6 Å². The van der Waals surface area contributed by atoms with Gasteiger partial charge in [0.15, 0.2) is 0 Å². The Morgan fingerprint density at radius 2 is 2.03 bits per heavy atom. The highest BCUT2D eigenvalue weighted by Gasteiger charge is 2.25. The van der Waals surface area contributed by atoms with Gasteiger partial charge in [0.2, 0.25) is 0 Å². The van der Waals surface area contributed by atoms with Crippen LogP contribution in [0.3, 0.4) is 0 Å². The van der Waals surface area contributed by atoms with E-state index in [2.05, 4.69) is 20.0 Å². The molecule has 4 heterocycles. The van der Waals surface area contributed by atoms with E-state index in [4.69, 9.17) is 13.7 Å². The topological polar surface area (TPSA) is 77.4 Å². The number of furan rings is 1. The molecular formula is C21H19FN4O3. The first-order valence-corrected chi connectivity index (χ1v) is 9.53. The lowest BCUT2D eigenvalue weighted by Crippen LogP contribution is -2.32. The molecule has 1 aromatic carbocycles. The van der Waals surface area contributed by atoms with Crippen molar-refractivity contribution in [2.45, 2.75) is 25.5 Å². The summed E-state index contributed by atoms with van der Waals surface area (Å²) in [7, 11) is 0. The van der Waals surface area contributed by atoms with Crippen molar-refractivity contribution in [3.8, 4) is 11.3 Å². The number of hydrogen-bond donors (Lipinski definition) is 0. The lowest BCUT2D eigenvalue weighted by Gasteiger charge is -2.26. The lowest BCUT2D eigenvalue weighted by molar-refractivity contribution is 0.115. The summed E-state index contributed by atoms with van der Waals surface area (Å²) in [6.07, 6.45) is 5.27. The molecule has 0 saturated carbocycles. The summed E-state index contributed by atoms with van der Waals surface area (Å²) < 4.78 is 30.3. The molecule has 3 aromatic heterocycles. The highest BCUT2D eigenvalue weighted by molar-refractivity contribution is 5.97. The number of hydrogen-bond acceptors (Lipinski definition) is 7. The zero-order valence-electron chi connectivity index (χ0n) is 15.6. The van der Waals surface area contributed by atoms with Gasteiger partial charge in [-0.15, -0.1) is 0 Å². The fraction of sp³-hybridized carbons (Fsp3) is 0.286. The Balaban J connectivity index is 1.59. The molecule has 0 amide bonds. The van der Waals surface area contributed by atoms with Crippen LogP contribution in [-0.2, 0) is 11.3 Å². The van der Waals surface area contributed by atoms with Crippen molar-refractivity contribution in [2.24, 2.45) is 0 Å². The van der Waals surface area contributed by atoms with Crippen molar-refractivity contribution >= 4 is 16.9 Å². The maximum atomic E-state index is 13.4. The number of fused-ring (bicyclic) bond motifs is 1. The van der Waals surface area contributed by atoms with Crippen LogP contribution in [0.15, 0.2) is 57.9 Å². The van der Waals surface area contributed by atoms with Crippen molar-refractivity contribution in [1.29, 1.82) is 0 Å². The van der Waals surface area contributed by atoms with Crippen molar-refractivity contribution in [1.82, 2.24) is 15.1 Å². The second-order valence-corrected chi connectivity index (χ2v) is 7.01. The molecule has 1 unspecified atom stereocenters. The summed E-state index contributed by atoms with van der Waals surface area (Å²) in [5.41, 5.74) is 1.69. The molecule has 0 bridgehead atoms. The molecule has 1 saturated heterocycles. The number of nitrogens with zero attached hydrogens (tertiary/aromatic N) is 4. The lowest BCUT2D eigenvalue weighted by atomic mass is 10.1. The van der Waals surface area contributed by atoms with Crippen LogP contribution in [0.5, 0.6) is 0 Å². The zero-order valence-corrected chi connectivity index (χ0v) is 15.6. The molecule has 1 aliphatic heterocycles. The van der Waals surface area contributed by atoms with Gasteiger partial charge in [0.05, 0.1) is 18.9 Å². The average molecular weight is 394 g/mol. The number of benzene rings is 1. The molecule has 1 atom stereocenters. The van der Waals surface area contributed by atoms with E-state index in [1.54, 1.807) is 18.4 Å². The summed E-state index contributed by atoms with van der Waals surface area (Å²) in [6.45, 7) is 1.94. The van der Waals surface area contributed by atoms with Gasteiger partial charge in [0.25, 0.3) is 5.71 Å². The summed E-state index contributed by atoms with van der Waals surface area (Å²) in [5, 5.41) is 4.87. The SMILES string of the molecule is Fc1ccc(-c2noc3ncnc(N(Cc4ccco4)CC4CCCO4)c23)cc1. The van der Waals surface area contributed by atoms with Gasteiger partial charge in [-0.05, 0) is 49.2 Å². The number of ether oxygens (including phenoxy) is 1. The van der Waals surface area contributed by atoms with E-state index in [9.17, 15) is 4.39 Å². The van der Waals surface area contributed by atoms with E-state index in [1.165, 1.54) is 18.5 Å². The maximum Gasteiger partial charge on any atom is 0.263 e. The van der Waals surface area contributed by atoms with E-state index in [0.717, 1.165) is 30.8 Å². The van der Waals surface area contributed by atoms with Crippen molar-refractivity contribution in [3.05, 3.63) is 60.6 Å². The van der Waals surface area contributed by atoms with Crippen LogP contribution in [0.4, 0.5) is 10.2 Å². The Labute approximate surface area is 166 Å². The predicted molar refractivity (Wildman–Crippen MR) is 104 cm³/mol. The Morgan fingerprint density at radius 1 is 1.14 bits per heavy atom. The zero-order chi connectivity index (χ0) is 19.6. The molecule has 148 valence electrons. The van der Waals surface area contributed by atoms with Gasteiger partial charge in [-0.1, -0.05) is 5.16 Å². The maximum absolute atomic E-state index is 13.4. The third-order valence-electron chi connectivity index (χ3n) is 5.04. The van der Waals surface area contributed by atoms with Crippen LogP contribution in [0.1, 0.15) is 18.6 Å². The minimum atomic E-state index is -0.309. The molecule has 1 fully saturated rings. The first kappa shape index (κ1) is 17.8. The van der Waals surface area contributed by atoms with E-state index in [-0.39, 0.29) is 11.9 Å². The monoisotopic (exact) mass is 394 g/mol. The molecule has 0 N–H and O–H groups in total. The second kappa shape index (κ2) is 7.63. The van der Waals surface area contributed by atoms with E-state index >= 15 is 0 Å². The minimum Gasteiger partial charge on any atom is -0.467 e. The van der Waals surface area contributed by atoms with Crippen LogP contribution in [0.25, 0.3) is 22.4 Å². The Morgan fingerprint density at radius 3 is 2.79 bits per heavy atom. The predicted octanol–water partition coefficient (Wildman–Crippen LogP) is 4.20. The highest BCUT2D eigenvalue weighted by Crippen LogP contribution is 2.34. The van der Waals surface area contributed by atoms with Crippen LogP contribution in [-0.4, -0.2) is 34.4 Å². The third kappa shape index (κ3) is 3.58. The molecule has 8 heteroatoms. The Bertz CT molecular complexity index is 1090. The molecule has 0 radical (unpaired) electrons. The number of anilines is 1. The van der Waals surface area contributed by atoms with Gasteiger partial charge in [0, 0.05) is 18.7 Å². The van der Waals surface area contributed by atoms with Crippen LogP contribution in [0.2, 0.25) is 0 Å². The van der Waals surface area contributed by atoms with Gasteiger partial charge in [-0.2, -0.15) is 4.98 Å². The average Bonchev–Trinajstić information content (AvgIpc) is 3.50. The second-order valence-electron chi connectivity index (χ2n) is 7.01. The first-order chi connectivity index (χ1) is 14.3. The molecule has 0 aliphatic carbocycles. The third-order valence-corrected chi connectivity index (χ3v) is 5.04. The van der Waals surface area contributed by atoms with Gasteiger partial charge >= 0.3 is 0 Å². The van der Waals surface area contributed by atoms with Crippen LogP contribution < -0.4 is 4.90 Å². The summed E-state index contributed by atoms with van der Waals surface area (Å²) >= 11 is 0. The minimum absolute atomic E-state index is 0.115. The van der Waals surface area contributed by atoms with E-state index < -0.39 is 0 Å². The van der Waals surface area contributed by atoms with Crippen LogP contribution in [0, 0.1) is 5.82 Å². The summed E-state index contributed by atoms with van der Waals surface area (Å²) in [6, 6.07) is 9.91. The summed E-state index contributed by atoms with van der Waals surface area (Å²) in [4.78, 5) is 10.9. The van der Waals surface area contributed by atoms with Gasteiger partial charge in [0.1, 0.15) is 34.8 Å². The Hall–Kier alpha value is -3.26. The van der Waals surface area contributed by atoms with Crippen molar-refractivity contribution in [3.63, 3.8) is 0 Å². The molecule has 1 aliphatic rings. The van der Waals surface area contributed by atoms with E-state index in [1.807, 2.05) is 12.1 Å². The normalized spacial score (nSPS) is 16.5. The highest BCUT2D eigenvalue weighted by atomic mass is 19.1. The van der Waals surface area contributed by atoms with Crippen molar-refractivity contribution in [2.75, 3.05) is 18.1 Å². The van der Waals surface area contributed by atoms with E-state index in [0.29, 0.717) is 35.7 Å². The number of aromatic nitrogens is 3. The number of halogens is 1. The molecule has 4 aromatic rings. The fourth-order valence-electron chi connectivity index (χ4n) is 3.67.